The van der Waals surface area contributed by atoms with E-state index in [2.05, 4.69) is 10.3 Å². The van der Waals surface area contributed by atoms with Crippen LogP contribution in [-0.4, -0.2) is 52.9 Å². The first-order valence-corrected chi connectivity index (χ1v) is 8.88. The molecule has 6 nitrogen and oxygen atoms in total. The number of urea groups is 1. The van der Waals surface area contributed by atoms with Gasteiger partial charge in [-0.3, -0.25) is 4.79 Å². The van der Waals surface area contributed by atoms with Crippen LogP contribution in [0.4, 0.5) is 10.5 Å². The number of carbonyl (C=O) groups is 2. The summed E-state index contributed by atoms with van der Waals surface area (Å²) in [5.41, 5.74) is 0.488. The van der Waals surface area contributed by atoms with Gasteiger partial charge in [0.2, 0.25) is 5.91 Å². The minimum Gasteiger partial charge on any atom is -0.343 e. The number of aromatic nitrogens is 1. The van der Waals surface area contributed by atoms with Crippen LogP contribution in [0.5, 0.6) is 0 Å². The number of hydrogen-bond donors (Lipinski definition) is 1. The average Bonchev–Trinajstić information content (AvgIpc) is 2.55. The van der Waals surface area contributed by atoms with Gasteiger partial charge < -0.3 is 15.1 Å². The standard InChI is InChI=1S/C16H22Cl2N4O2/c1-3-21(4-2)15(23)11-6-5-7-22(10-11)16(24)19-12-8-13(17)20-14(18)9-12/h8-9,11H,3-7,10H2,1-2H3,(H,19,20,24). The van der Waals surface area contributed by atoms with Crippen molar-refractivity contribution in [3.8, 4) is 0 Å². The van der Waals surface area contributed by atoms with Gasteiger partial charge in [-0.2, -0.15) is 0 Å². The van der Waals surface area contributed by atoms with Crippen LogP contribution in [0, 0.1) is 5.92 Å². The number of likely N-dealkylation sites (tertiary alicyclic amines) is 1. The summed E-state index contributed by atoms with van der Waals surface area (Å²) in [4.78, 5) is 32.3. The molecule has 1 aromatic heterocycles. The Morgan fingerprint density at radius 2 is 1.92 bits per heavy atom. The first-order valence-electron chi connectivity index (χ1n) is 8.12. The molecule has 1 fully saturated rings. The Kier molecular flexibility index (Phi) is 6.69. The molecule has 1 N–H and O–H groups in total. The summed E-state index contributed by atoms with van der Waals surface area (Å²) in [5.74, 6) is -0.0264. The van der Waals surface area contributed by atoms with Crippen molar-refractivity contribution < 1.29 is 9.59 Å². The zero-order chi connectivity index (χ0) is 17.7. The number of piperidine rings is 1. The molecular formula is C16H22Cl2N4O2. The summed E-state index contributed by atoms with van der Waals surface area (Å²) in [7, 11) is 0. The maximum atomic E-state index is 12.5. The molecule has 132 valence electrons. The van der Waals surface area contributed by atoms with Crippen molar-refractivity contribution >= 4 is 40.8 Å². The van der Waals surface area contributed by atoms with Crippen molar-refractivity contribution in [1.82, 2.24) is 14.8 Å². The maximum Gasteiger partial charge on any atom is 0.321 e. The monoisotopic (exact) mass is 372 g/mol. The van der Waals surface area contributed by atoms with Gasteiger partial charge in [-0.25, -0.2) is 9.78 Å². The van der Waals surface area contributed by atoms with Crippen LogP contribution in [0.2, 0.25) is 10.3 Å². The van der Waals surface area contributed by atoms with Crippen LogP contribution in [0.1, 0.15) is 26.7 Å². The van der Waals surface area contributed by atoms with E-state index in [1.165, 1.54) is 12.1 Å². The third-order valence-electron chi connectivity index (χ3n) is 4.15. The number of pyridine rings is 1. The summed E-state index contributed by atoms with van der Waals surface area (Å²) < 4.78 is 0. The molecule has 0 radical (unpaired) electrons. The molecule has 1 aromatic rings. The molecule has 1 atom stereocenters. The van der Waals surface area contributed by atoms with E-state index in [1.807, 2.05) is 18.7 Å². The second kappa shape index (κ2) is 8.53. The van der Waals surface area contributed by atoms with E-state index in [9.17, 15) is 9.59 Å². The van der Waals surface area contributed by atoms with Crippen molar-refractivity contribution in [2.24, 2.45) is 5.92 Å². The summed E-state index contributed by atoms with van der Waals surface area (Å²) in [6.45, 7) is 6.35. The Bertz CT molecular complexity index is 587. The molecule has 1 aliphatic rings. The number of hydrogen-bond acceptors (Lipinski definition) is 3. The second-order valence-electron chi connectivity index (χ2n) is 5.73. The third kappa shape index (κ3) is 4.74. The molecule has 1 saturated heterocycles. The lowest BCUT2D eigenvalue weighted by Gasteiger charge is -2.34. The zero-order valence-electron chi connectivity index (χ0n) is 13.9. The largest absolute Gasteiger partial charge is 0.343 e. The van der Waals surface area contributed by atoms with Gasteiger partial charge in [0, 0.05) is 31.9 Å². The summed E-state index contributed by atoms with van der Waals surface area (Å²) in [6, 6.07) is 2.81. The molecule has 0 bridgehead atoms. The third-order valence-corrected chi connectivity index (χ3v) is 4.53. The van der Waals surface area contributed by atoms with Gasteiger partial charge in [0.1, 0.15) is 10.3 Å². The van der Waals surface area contributed by atoms with Crippen LogP contribution >= 0.6 is 23.2 Å². The SMILES string of the molecule is CCN(CC)C(=O)C1CCCN(C(=O)Nc2cc(Cl)nc(Cl)c2)C1. The van der Waals surface area contributed by atoms with Crippen molar-refractivity contribution in [1.29, 1.82) is 0 Å². The van der Waals surface area contributed by atoms with E-state index in [0.29, 0.717) is 31.9 Å². The number of carbonyl (C=O) groups excluding carboxylic acids is 2. The van der Waals surface area contributed by atoms with Crippen LogP contribution in [-0.2, 0) is 4.79 Å². The Hall–Kier alpha value is -1.53. The van der Waals surface area contributed by atoms with Crippen LogP contribution in [0.3, 0.4) is 0 Å². The molecule has 24 heavy (non-hydrogen) atoms. The molecule has 1 unspecified atom stereocenters. The normalized spacial score (nSPS) is 17.5. The Morgan fingerprint density at radius 1 is 1.29 bits per heavy atom. The smallest absolute Gasteiger partial charge is 0.321 e. The topological polar surface area (TPSA) is 65.5 Å². The zero-order valence-corrected chi connectivity index (χ0v) is 15.4. The molecule has 0 aliphatic carbocycles. The van der Waals surface area contributed by atoms with Crippen LogP contribution in [0.15, 0.2) is 12.1 Å². The van der Waals surface area contributed by atoms with Gasteiger partial charge in [-0.15, -0.1) is 0 Å². The molecule has 8 heteroatoms. The number of nitrogens with zero attached hydrogens (tertiary/aromatic N) is 3. The summed E-state index contributed by atoms with van der Waals surface area (Å²) >= 11 is 11.7. The van der Waals surface area contributed by atoms with Gasteiger partial charge in [-0.1, -0.05) is 23.2 Å². The van der Waals surface area contributed by atoms with Crippen molar-refractivity contribution in [2.45, 2.75) is 26.7 Å². The van der Waals surface area contributed by atoms with Gasteiger partial charge in [0.25, 0.3) is 0 Å². The van der Waals surface area contributed by atoms with Crippen molar-refractivity contribution in [3.05, 3.63) is 22.4 Å². The lowest BCUT2D eigenvalue weighted by molar-refractivity contribution is -0.136. The first-order chi connectivity index (χ1) is 11.4. The van der Waals surface area contributed by atoms with Crippen LogP contribution < -0.4 is 5.32 Å². The Balaban J connectivity index is 2.00. The lowest BCUT2D eigenvalue weighted by atomic mass is 9.96. The molecule has 2 heterocycles. The fourth-order valence-electron chi connectivity index (χ4n) is 2.90. The number of nitrogens with one attached hydrogen (secondary N) is 1. The molecule has 0 aromatic carbocycles. The fraction of sp³-hybridized carbons (Fsp3) is 0.562. The average molecular weight is 373 g/mol. The molecular weight excluding hydrogens is 351 g/mol. The molecule has 3 amide bonds. The predicted octanol–water partition coefficient (Wildman–Crippen LogP) is 3.50. The number of rotatable bonds is 4. The maximum absolute atomic E-state index is 12.5. The molecule has 1 aliphatic heterocycles. The van der Waals surface area contributed by atoms with E-state index in [4.69, 9.17) is 23.2 Å². The van der Waals surface area contributed by atoms with Crippen LogP contribution in [0.25, 0.3) is 0 Å². The van der Waals surface area contributed by atoms with Gasteiger partial charge in [0.15, 0.2) is 0 Å². The van der Waals surface area contributed by atoms with E-state index in [-0.39, 0.29) is 28.2 Å². The summed E-state index contributed by atoms with van der Waals surface area (Å²) in [5, 5.41) is 3.19. The highest BCUT2D eigenvalue weighted by Gasteiger charge is 2.30. The van der Waals surface area contributed by atoms with E-state index < -0.39 is 0 Å². The fourth-order valence-corrected chi connectivity index (χ4v) is 3.36. The minimum atomic E-state index is -0.259. The van der Waals surface area contributed by atoms with Crippen molar-refractivity contribution in [2.75, 3.05) is 31.5 Å². The highest BCUT2D eigenvalue weighted by Crippen LogP contribution is 2.22. The highest BCUT2D eigenvalue weighted by atomic mass is 35.5. The summed E-state index contributed by atoms with van der Waals surface area (Å²) in [6.07, 6.45) is 1.62. The molecule has 0 saturated carbocycles. The van der Waals surface area contributed by atoms with Gasteiger partial charge in [-0.05, 0) is 38.8 Å². The molecule has 2 rings (SSSR count). The quantitative estimate of drug-likeness (QED) is 0.822. The Morgan fingerprint density at radius 3 is 2.50 bits per heavy atom. The number of anilines is 1. The minimum absolute atomic E-state index is 0.118. The van der Waals surface area contributed by atoms with E-state index in [0.717, 1.165) is 12.8 Å². The lowest BCUT2D eigenvalue weighted by Crippen LogP contribution is -2.47. The Labute approximate surface area is 152 Å². The molecule has 0 spiro atoms. The second-order valence-corrected chi connectivity index (χ2v) is 6.50. The van der Waals surface area contributed by atoms with Gasteiger partial charge >= 0.3 is 6.03 Å². The predicted molar refractivity (Wildman–Crippen MR) is 95.5 cm³/mol. The highest BCUT2D eigenvalue weighted by molar-refractivity contribution is 6.32. The number of amides is 3. The van der Waals surface area contributed by atoms with Crippen molar-refractivity contribution in [3.63, 3.8) is 0 Å². The number of halogens is 2. The first kappa shape index (κ1) is 18.8. The van der Waals surface area contributed by atoms with E-state index in [1.54, 1.807) is 4.90 Å². The van der Waals surface area contributed by atoms with Gasteiger partial charge in [0.05, 0.1) is 5.92 Å². The van der Waals surface area contributed by atoms with E-state index >= 15 is 0 Å².